The van der Waals surface area contributed by atoms with Crippen LogP contribution < -0.4 is 20.9 Å². The van der Waals surface area contributed by atoms with Crippen molar-refractivity contribution in [2.45, 2.75) is 12.5 Å². The van der Waals surface area contributed by atoms with Gasteiger partial charge in [0.05, 0.1) is 0 Å². The van der Waals surface area contributed by atoms with Gasteiger partial charge in [-0.25, -0.2) is 0 Å². The Morgan fingerprint density at radius 2 is 1.78 bits per heavy atom. The molecule has 4 rings (SSSR count). The zero-order valence-electron chi connectivity index (χ0n) is 14.4. The molecule has 1 unspecified atom stereocenters. The second-order valence-electron chi connectivity index (χ2n) is 6.37. The lowest BCUT2D eigenvalue weighted by molar-refractivity contribution is -0.118. The van der Waals surface area contributed by atoms with Gasteiger partial charge in [0.2, 0.25) is 11.7 Å². The van der Waals surface area contributed by atoms with Gasteiger partial charge in [0, 0.05) is 23.4 Å². The number of nitrogens with two attached hydrogens (primary N) is 2. The first-order valence-corrected chi connectivity index (χ1v) is 8.53. The van der Waals surface area contributed by atoms with Crippen LogP contribution in [0.1, 0.15) is 34.1 Å². The van der Waals surface area contributed by atoms with Crippen LogP contribution in [0.5, 0.6) is 11.5 Å². The maximum absolute atomic E-state index is 12.8. The van der Waals surface area contributed by atoms with E-state index in [0.29, 0.717) is 35.9 Å². The Morgan fingerprint density at radius 1 is 1.00 bits per heavy atom. The van der Waals surface area contributed by atoms with E-state index in [1.807, 2.05) is 0 Å². The number of rotatable bonds is 5. The van der Waals surface area contributed by atoms with Gasteiger partial charge in [0.15, 0.2) is 17.3 Å². The van der Waals surface area contributed by atoms with Gasteiger partial charge in [0.25, 0.3) is 0 Å². The average molecular weight is 366 g/mol. The molecule has 2 aromatic carbocycles. The summed E-state index contributed by atoms with van der Waals surface area (Å²) in [4.78, 5) is 23.8. The van der Waals surface area contributed by atoms with Crippen LogP contribution in [0.3, 0.4) is 0 Å². The number of hydrogen-bond donors (Lipinski definition) is 2. The number of carbonyl (C=O) groups excluding carboxylic acids is 2. The summed E-state index contributed by atoms with van der Waals surface area (Å²) in [6.45, 7) is 0.938. The highest BCUT2D eigenvalue weighted by Crippen LogP contribution is 2.32. The molecule has 2 heterocycles. The van der Waals surface area contributed by atoms with Crippen molar-refractivity contribution in [2.75, 3.05) is 13.2 Å². The molecule has 0 spiro atoms. The zero-order valence-corrected chi connectivity index (χ0v) is 14.4. The van der Waals surface area contributed by atoms with Crippen molar-refractivity contribution in [2.24, 2.45) is 11.5 Å². The molecule has 0 saturated carbocycles. The molecule has 1 amide bonds. The zero-order chi connectivity index (χ0) is 19.0. The lowest BCUT2D eigenvalue weighted by Gasteiger charge is -2.18. The first-order valence-electron chi connectivity index (χ1n) is 8.53. The van der Waals surface area contributed by atoms with E-state index in [9.17, 15) is 9.59 Å². The summed E-state index contributed by atoms with van der Waals surface area (Å²) in [6, 6.07) is 11.5. The Bertz CT molecular complexity index is 1040. The maximum atomic E-state index is 12.8. The van der Waals surface area contributed by atoms with Gasteiger partial charge in [-0.3, -0.25) is 9.59 Å². The van der Waals surface area contributed by atoms with Crippen molar-refractivity contribution in [1.82, 2.24) is 0 Å². The molecule has 1 atom stereocenters. The second-order valence-corrected chi connectivity index (χ2v) is 6.37. The van der Waals surface area contributed by atoms with Crippen LogP contribution in [0.4, 0.5) is 0 Å². The summed E-state index contributed by atoms with van der Waals surface area (Å²) in [7, 11) is 0. The average Bonchev–Trinajstić information content (AvgIpc) is 3.09. The Hall–Kier alpha value is -3.32. The summed E-state index contributed by atoms with van der Waals surface area (Å²) in [5.74, 6) is 0.649. The fourth-order valence-electron chi connectivity index (χ4n) is 3.07. The fourth-order valence-corrected chi connectivity index (χ4v) is 3.07. The largest absolute Gasteiger partial charge is 0.486 e. The van der Waals surface area contributed by atoms with Crippen LogP contribution in [0.25, 0.3) is 11.0 Å². The quantitative estimate of drug-likeness (QED) is 0.669. The highest BCUT2D eigenvalue weighted by atomic mass is 16.6. The van der Waals surface area contributed by atoms with Gasteiger partial charge in [-0.05, 0) is 42.0 Å². The van der Waals surface area contributed by atoms with Gasteiger partial charge in [-0.2, -0.15) is 0 Å². The molecule has 4 N–H and O–H groups in total. The van der Waals surface area contributed by atoms with Crippen LogP contribution in [0.2, 0.25) is 0 Å². The normalized spacial score (nSPS) is 14.1. The predicted molar refractivity (Wildman–Crippen MR) is 97.8 cm³/mol. The number of ketones is 1. The molecule has 1 aliphatic heterocycles. The highest BCUT2D eigenvalue weighted by Gasteiger charge is 2.19. The Balaban J connectivity index is 1.63. The lowest BCUT2D eigenvalue weighted by atomic mass is 10.0. The molecular formula is C20H18N2O5. The molecule has 0 aliphatic carbocycles. The maximum Gasteiger partial charge on any atom is 0.228 e. The summed E-state index contributed by atoms with van der Waals surface area (Å²) >= 11 is 0. The van der Waals surface area contributed by atoms with Crippen LogP contribution in [0.15, 0.2) is 46.9 Å². The standard InChI is InChI=1S/C20H18N2O5/c21-14(10-19(22)23)11-1-3-15-13(7-11)9-18(27-15)20(24)12-2-4-16-17(8-12)26-6-5-25-16/h1-4,7-9,14H,5-6,10,21H2,(H2,22,23). The summed E-state index contributed by atoms with van der Waals surface area (Å²) in [6.07, 6.45) is 0.0480. The van der Waals surface area contributed by atoms with Crippen molar-refractivity contribution in [3.8, 4) is 11.5 Å². The van der Waals surface area contributed by atoms with E-state index in [-0.39, 0.29) is 18.0 Å². The lowest BCUT2D eigenvalue weighted by Crippen LogP contribution is -2.20. The minimum atomic E-state index is -0.501. The SMILES string of the molecule is NC(=O)CC(N)c1ccc2oc(C(=O)c3ccc4c(c3)OCCO4)cc2c1. The monoisotopic (exact) mass is 366 g/mol. The number of ether oxygens (including phenoxy) is 2. The van der Waals surface area contributed by atoms with Gasteiger partial charge >= 0.3 is 0 Å². The molecule has 27 heavy (non-hydrogen) atoms. The molecule has 7 heteroatoms. The van der Waals surface area contributed by atoms with Gasteiger partial charge in [-0.1, -0.05) is 6.07 Å². The van der Waals surface area contributed by atoms with Gasteiger partial charge in [-0.15, -0.1) is 0 Å². The summed E-state index contributed by atoms with van der Waals surface area (Å²) in [5.41, 5.74) is 12.9. The van der Waals surface area contributed by atoms with Crippen molar-refractivity contribution in [3.05, 3.63) is 59.4 Å². The molecule has 1 aromatic heterocycles. The number of hydrogen-bond acceptors (Lipinski definition) is 6. The van der Waals surface area contributed by atoms with E-state index in [2.05, 4.69) is 0 Å². The van der Waals surface area contributed by atoms with Crippen LogP contribution in [0, 0.1) is 0 Å². The molecule has 0 radical (unpaired) electrons. The van der Waals surface area contributed by atoms with Crippen molar-refractivity contribution >= 4 is 22.7 Å². The van der Waals surface area contributed by atoms with Crippen molar-refractivity contribution in [1.29, 1.82) is 0 Å². The number of primary amides is 1. The minimum Gasteiger partial charge on any atom is -0.486 e. The number of benzene rings is 2. The third kappa shape index (κ3) is 3.37. The van der Waals surface area contributed by atoms with E-state index in [1.165, 1.54) is 0 Å². The third-order valence-corrected chi connectivity index (χ3v) is 4.42. The second kappa shape index (κ2) is 6.77. The number of fused-ring (bicyclic) bond motifs is 2. The molecule has 0 saturated heterocycles. The first-order chi connectivity index (χ1) is 13.0. The smallest absolute Gasteiger partial charge is 0.228 e. The molecular weight excluding hydrogens is 348 g/mol. The number of amides is 1. The topological polar surface area (TPSA) is 118 Å². The van der Waals surface area contributed by atoms with E-state index in [1.54, 1.807) is 42.5 Å². The van der Waals surface area contributed by atoms with Gasteiger partial charge < -0.3 is 25.4 Å². The molecule has 1 aliphatic rings. The predicted octanol–water partition coefficient (Wildman–Crippen LogP) is 2.31. The molecule has 3 aromatic rings. The van der Waals surface area contributed by atoms with Crippen LogP contribution in [-0.4, -0.2) is 24.9 Å². The van der Waals surface area contributed by atoms with Crippen LogP contribution in [-0.2, 0) is 4.79 Å². The summed E-state index contributed by atoms with van der Waals surface area (Å²) < 4.78 is 16.7. The van der Waals surface area contributed by atoms with Gasteiger partial charge in [0.1, 0.15) is 18.8 Å². The Kier molecular flexibility index (Phi) is 4.29. The molecule has 0 fully saturated rings. The van der Waals surface area contributed by atoms with E-state index in [0.717, 1.165) is 10.9 Å². The van der Waals surface area contributed by atoms with E-state index in [4.69, 9.17) is 25.4 Å². The van der Waals surface area contributed by atoms with Crippen molar-refractivity contribution in [3.63, 3.8) is 0 Å². The summed E-state index contributed by atoms with van der Waals surface area (Å²) in [5, 5.41) is 0.730. The number of carbonyl (C=O) groups is 2. The third-order valence-electron chi connectivity index (χ3n) is 4.42. The van der Waals surface area contributed by atoms with Crippen LogP contribution >= 0.6 is 0 Å². The minimum absolute atomic E-state index is 0.0480. The highest BCUT2D eigenvalue weighted by molar-refractivity contribution is 6.09. The van der Waals surface area contributed by atoms with E-state index >= 15 is 0 Å². The van der Waals surface area contributed by atoms with Crippen molar-refractivity contribution < 1.29 is 23.5 Å². The first kappa shape index (κ1) is 17.1. The number of furan rings is 1. The van der Waals surface area contributed by atoms with E-state index < -0.39 is 11.9 Å². The molecule has 0 bridgehead atoms. The molecule has 138 valence electrons. The fraction of sp³-hybridized carbons (Fsp3) is 0.200. The molecule has 7 nitrogen and oxygen atoms in total. The Morgan fingerprint density at radius 3 is 2.56 bits per heavy atom. The Labute approximate surface area is 154 Å².